The summed E-state index contributed by atoms with van der Waals surface area (Å²) in [4.78, 5) is 0. The van der Waals surface area contributed by atoms with Crippen molar-refractivity contribution in [3.63, 3.8) is 0 Å². The topological polar surface area (TPSA) is 0 Å². The lowest BCUT2D eigenvalue weighted by Crippen LogP contribution is -2.18. The van der Waals surface area contributed by atoms with E-state index in [4.69, 9.17) is 11.6 Å². The lowest BCUT2D eigenvalue weighted by atomic mass is 9.80. The summed E-state index contributed by atoms with van der Waals surface area (Å²) < 4.78 is 1.26. The van der Waals surface area contributed by atoms with Crippen molar-refractivity contribution >= 4 is 34.2 Å². The Balaban J connectivity index is 3.51. The van der Waals surface area contributed by atoms with Gasteiger partial charge in [0.25, 0.3) is 0 Å². The van der Waals surface area contributed by atoms with Gasteiger partial charge in [0.2, 0.25) is 0 Å². The minimum absolute atomic E-state index is 0.0955. The second-order valence-corrected chi connectivity index (χ2v) is 7.94. The van der Waals surface area contributed by atoms with Gasteiger partial charge in [-0.05, 0) is 56.7 Å². The fraction of sp³-hybridized carbons (Fsp3) is 0.571. The lowest BCUT2D eigenvalue weighted by molar-refractivity contribution is 0.568. The molecule has 0 unspecified atom stereocenters. The molecule has 0 radical (unpaired) electrons. The zero-order valence-electron chi connectivity index (χ0n) is 10.9. The van der Waals surface area contributed by atoms with Crippen LogP contribution in [0.5, 0.6) is 0 Å². The van der Waals surface area contributed by atoms with Crippen molar-refractivity contribution in [3.8, 4) is 0 Å². The van der Waals surface area contributed by atoms with Gasteiger partial charge in [-0.3, -0.25) is 0 Å². The van der Waals surface area contributed by atoms with Gasteiger partial charge in [0.05, 0.1) is 0 Å². The van der Waals surface area contributed by atoms with Crippen LogP contribution in [-0.2, 0) is 10.8 Å². The first kappa shape index (κ1) is 14.3. The van der Waals surface area contributed by atoms with Crippen LogP contribution in [0.3, 0.4) is 0 Å². The smallest absolute Gasteiger partial charge is 0.0481 e. The van der Waals surface area contributed by atoms with Crippen LogP contribution in [0.1, 0.15) is 52.7 Å². The summed E-state index contributed by atoms with van der Waals surface area (Å²) in [5.74, 6) is 0. The molecule has 0 fully saturated rings. The van der Waals surface area contributed by atoms with E-state index in [1.807, 2.05) is 0 Å². The van der Waals surface area contributed by atoms with Crippen LogP contribution in [0.25, 0.3) is 0 Å². The van der Waals surface area contributed by atoms with Crippen molar-refractivity contribution in [1.29, 1.82) is 0 Å². The van der Waals surface area contributed by atoms with E-state index in [1.165, 1.54) is 14.7 Å². The molecule has 1 aromatic rings. The van der Waals surface area contributed by atoms with E-state index in [-0.39, 0.29) is 10.8 Å². The van der Waals surface area contributed by atoms with Gasteiger partial charge < -0.3 is 0 Å². The molecule has 90 valence electrons. The maximum Gasteiger partial charge on any atom is 0.0481 e. The molecule has 0 saturated carbocycles. The molecule has 0 spiro atoms. The molecule has 0 amide bonds. The lowest BCUT2D eigenvalue weighted by Gasteiger charge is -2.27. The predicted octanol–water partition coefficient (Wildman–Crippen LogP) is 5.54. The van der Waals surface area contributed by atoms with E-state index < -0.39 is 0 Å². The van der Waals surface area contributed by atoms with Crippen molar-refractivity contribution in [3.05, 3.63) is 31.9 Å². The third-order valence-corrected chi connectivity index (χ3v) is 3.68. The second-order valence-electron chi connectivity index (χ2n) is 6.31. The minimum atomic E-state index is 0.0955. The molecule has 0 saturated heterocycles. The maximum absolute atomic E-state index is 6.55. The number of hydrogen-bond donors (Lipinski definition) is 0. The minimum Gasteiger partial charge on any atom is -0.0837 e. The first-order chi connectivity index (χ1) is 7.03. The highest BCUT2D eigenvalue weighted by atomic mass is 127. The predicted molar refractivity (Wildman–Crippen MR) is 81.6 cm³/mol. The van der Waals surface area contributed by atoms with Crippen LogP contribution in [0, 0.1) is 3.57 Å². The third kappa shape index (κ3) is 3.13. The van der Waals surface area contributed by atoms with E-state index in [1.54, 1.807) is 0 Å². The first-order valence-electron chi connectivity index (χ1n) is 5.53. The Morgan fingerprint density at radius 2 is 1.19 bits per heavy atom. The van der Waals surface area contributed by atoms with Gasteiger partial charge in [-0.15, -0.1) is 0 Å². The maximum atomic E-state index is 6.55. The number of hydrogen-bond acceptors (Lipinski definition) is 0. The zero-order valence-corrected chi connectivity index (χ0v) is 13.8. The molecule has 0 heterocycles. The average Bonchev–Trinajstić information content (AvgIpc) is 2.04. The van der Waals surface area contributed by atoms with Gasteiger partial charge in [-0.1, -0.05) is 53.1 Å². The second kappa shape index (κ2) is 4.49. The Bertz CT molecular complexity index is 359. The highest BCUT2D eigenvalue weighted by Gasteiger charge is 2.25. The quantitative estimate of drug-likeness (QED) is 0.539. The van der Waals surface area contributed by atoms with Crippen LogP contribution in [0.2, 0.25) is 5.02 Å². The molecule has 0 nitrogen and oxygen atoms in total. The van der Waals surface area contributed by atoms with Gasteiger partial charge in [0.1, 0.15) is 0 Å². The van der Waals surface area contributed by atoms with Crippen LogP contribution >= 0.6 is 34.2 Å². The Morgan fingerprint density at radius 1 is 0.875 bits per heavy atom. The fourth-order valence-electron chi connectivity index (χ4n) is 1.68. The van der Waals surface area contributed by atoms with Crippen LogP contribution in [-0.4, -0.2) is 0 Å². The summed E-state index contributed by atoms with van der Waals surface area (Å²) in [5.41, 5.74) is 2.67. The highest BCUT2D eigenvalue weighted by molar-refractivity contribution is 14.1. The summed E-state index contributed by atoms with van der Waals surface area (Å²) in [7, 11) is 0. The standard InChI is InChI=1S/C14H20ClI/c1-13(2,3)10-7-9(16)8-11(12(10)15)14(4,5)6/h7-8H,1-6H3. The Hall–Kier alpha value is 0.240. The molecule has 0 N–H and O–H groups in total. The van der Waals surface area contributed by atoms with Gasteiger partial charge in [0, 0.05) is 8.59 Å². The van der Waals surface area contributed by atoms with Gasteiger partial charge in [0.15, 0.2) is 0 Å². The summed E-state index contributed by atoms with van der Waals surface area (Å²) in [6.07, 6.45) is 0. The van der Waals surface area contributed by atoms with Crippen LogP contribution < -0.4 is 0 Å². The van der Waals surface area contributed by atoms with E-state index in [0.29, 0.717) is 0 Å². The normalized spacial score (nSPS) is 13.0. The van der Waals surface area contributed by atoms with Crippen molar-refractivity contribution in [2.24, 2.45) is 0 Å². The van der Waals surface area contributed by atoms with Crippen molar-refractivity contribution in [2.75, 3.05) is 0 Å². The van der Waals surface area contributed by atoms with Crippen molar-refractivity contribution in [2.45, 2.75) is 52.4 Å². The molecule has 0 aliphatic heterocycles. The number of halogens is 2. The van der Waals surface area contributed by atoms with Crippen molar-refractivity contribution in [1.82, 2.24) is 0 Å². The van der Waals surface area contributed by atoms with Gasteiger partial charge in [-0.2, -0.15) is 0 Å². The zero-order chi connectivity index (χ0) is 12.7. The molecular weight excluding hydrogens is 331 g/mol. The van der Waals surface area contributed by atoms with E-state index in [9.17, 15) is 0 Å². The highest BCUT2D eigenvalue weighted by Crippen LogP contribution is 2.38. The van der Waals surface area contributed by atoms with E-state index in [2.05, 4.69) is 76.3 Å². The third-order valence-electron chi connectivity index (χ3n) is 2.65. The SMILES string of the molecule is CC(C)(C)c1cc(I)cc(C(C)(C)C)c1Cl. The molecule has 1 aromatic carbocycles. The average molecular weight is 351 g/mol. The number of rotatable bonds is 0. The molecule has 0 aliphatic carbocycles. The monoisotopic (exact) mass is 350 g/mol. The van der Waals surface area contributed by atoms with E-state index >= 15 is 0 Å². The molecule has 16 heavy (non-hydrogen) atoms. The Morgan fingerprint density at radius 3 is 1.44 bits per heavy atom. The molecule has 0 atom stereocenters. The van der Waals surface area contributed by atoms with Gasteiger partial charge >= 0.3 is 0 Å². The van der Waals surface area contributed by atoms with Gasteiger partial charge in [-0.25, -0.2) is 0 Å². The molecular formula is C14H20ClI. The largest absolute Gasteiger partial charge is 0.0837 e. The summed E-state index contributed by atoms with van der Waals surface area (Å²) in [5, 5.41) is 0.931. The van der Waals surface area contributed by atoms with Crippen molar-refractivity contribution < 1.29 is 0 Å². The fourth-order valence-corrected chi connectivity index (χ4v) is 2.98. The summed E-state index contributed by atoms with van der Waals surface area (Å²) in [6, 6.07) is 4.39. The molecule has 0 aliphatic rings. The molecule has 0 bridgehead atoms. The first-order valence-corrected chi connectivity index (χ1v) is 6.99. The molecule has 1 rings (SSSR count). The van der Waals surface area contributed by atoms with E-state index in [0.717, 1.165) is 5.02 Å². The summed E-state index contributed by atoms with van der Waals surface area (Å²) in [6.45, 7) is 13.2. The molecule has 0 aromatic heterocycles. The molecule has 2 heteroatoms. The van der Waals surface area contributed by atoms with Crippen LogP contribution in [0.15, 0.2) is 12.1 Å². The number of benzene rings is 1. The Kier molecular flexibility index (Phi) is 4.01. The summed E-state index contributed by atoms with van der Waals surface area (Å²) >= 11 is 8.92. The van der Waals surface area contributed by atoms with Crippen LogP contribution in [0.4, 0.5) is 0 Å². The Labute approximate surface area is 118 Å².